The number of quaternary nitrogens is 1. The number of hydrogen-bond acceptors (Lipinski definition) is 1. The zero-order chi connectivity index (χ0) is 11.5. The minimum Gasteiger partial charge on any atom is -0.314 e. The van der Waals surface area contributed by atoms with Crippen molar-refractivity contribution in [1.29, 1.82) is 0 Å². The Kier molecular flexibility index (Phi) is 8.73. The molecule has 0 unspecified atom stereocenters. The second-order valence-corrected chi connectivity index (χ2v) is 3.90. The van der Waals surface area contributed by atoms with E-state index in [2.05, 4.69) is 51.4 Å². The van der Waals surface area contributed by atoms with Crippen LogP contribution < -0.4 is 4.90 Å². The number of nitrogens with zero attached hydrogens (tertiary/aromatic N) is 1. The Morgan fingerprint density at radius 1 is 0.867 bits per heavy atom. The Morgan fingerprint density at radius 3 is 1.93 bits per heavy atom. The van der Waals surface area contributed by atoms with Crippen LogP contribution in [0.25, 0.3) is 0 Å². The van der Waals surface area contributed by atoms with Crippen LogP contribution in [0.5, 0.6) is 0 Å². The lowest BCUT2D eigenvalue weighted by molar-refractivity contribution is -0.801. The highest BCUT2D eigenvalue weighted by atomic mass is 15.0. The van der Waals surface area contributed by atoms with E-state index in [0.717, 1.165) is 6.54 Å². The summed E-state index contributed by atoms with van der Waals surface area (Å²) in [6, 6.07) is 0. The third kappa shape index (κ3) is 12.9. The lowest BCUT2D eigenvalue weighted by Gasteiger charge is -2.02. The van der Waals surface area contributed by atoms with Crippen molar-refractivity contribution in [2.24, 2.45) is 0 Å². The van der Waals surface area contributed by atoms with Crippen molar-refractivity contribution in [3.05, 3.63) is 48.7 Å². The predicted molar refractivity (Wildman–Crippen MR) is 67.9 cm³/mol. The molecule has 0 bridgehead atoms. The number of likely N-dealkylation sites (N-methyl/N-ethyl adjacent to an activating group) is 1. The molecule has 0 heterocycles. The van der Waals surface area contributed by atoms with E-state index in [9.17, 15) is 0 Å². The van der Waals surface area contributed by atoms with Crippen molar-refractivity contribution >= 4 is 0 Å². The Morgan fingerprint density at radius 2 is 1.40 bits per heavy atom. The highest BCUT2D eigenvalue weighted by molar-refractivity contribution is 5.14. The first kappa shape index (κ1) is 13.9. The molecule has 0 spiro atoms. The van der Waals surface area contributed by atoms with Gasteiger partial charge in [0.1, 0.15) is 0 Å². The van der Waals surface area contributed by atoms with E-state index < -0.39 is 0 Å². The molecule has 0 aromatic heterocycles. The first-order valence-electron chi connectivity index (χ1n) is 5.24. The minimum atomic E-state index is 0.984. The summed E-state index contributed by atoms with van der Waals surface area (Å²) in [4.78, 5) is 3.44. The largest absolute Gasteiger partial charge is 0.314 e. The molecule has 1 N–H and O–H groups in total. The summed E-state index contributed by atoms with van der Waals surface area (Å²) in [5, 5.41) is 0. The van der Waals surface area contributed by atoms with Gasteiger partial charge in [-0.1, -0.05) is 36.5 Å². The van der Waals surface area contributed by atoms with Crippen LogP contribution in [0.2, 0.25) is 0 Å². The van der Waals surface area contributed by atoms with Crippen LogP contribution in [0.1, 0.15) is 0 Å². The number of hydrogen-bond donors (Lipinski definition) is 1. The first-order chi connectivity index (χ1) is 7.13. The monoisotopic (exact) mass is 207 g/mol. The van der Waals surface area contributed by atoms with Crippen LogP contribution in [-0.2, 0) is 0 Å². The van der Waals surface area contributed by atoms with Gasteiger partial charge in [0.2, 0.25) is 0 Å². The molecule has 0 aliphatic heterocycles. The summed E-state index contributed by atoms with van der Waals surface area (Å²) in [6.45, 7) is 0.984. The van der Waals surface area contributed by atoms with Gasteiger partial charge in [-0.25, -0.2) is 0 Å². The zero-order valence-corrected chi connectivity index (χ0v) is 10.3. The molecule has 0 aliphatic carbocycles. The zero-order valence-electron chi connectivity index (χ0n) is 10.3. The van der Waals surface area contributed by atoms with Gasteiger partial charge in [-0.2, -0.15) is 0 Å². The van der Waals surface area contributed by atoms with Crippen LogP contribution in [-0.4, -0.2) is 39.6 Å². The topological polar surface area (TPSA) is 7.68 Å². The first-order valence-corrected chi connectivity index (χ1v) is 5.24. The summed E-state index contributed by atoms with van der Waals surface area (Å²) in [6.07, 6.45) is 16.4. The molecule has 0 aliphatic rings. The van der Waals surface area contributed by atoms with Gasteiger partial charge in [0.15, 0.2) is 0 Å². The van der Waals surface area contributed by atoms with E-state index in [1.165, 1.54) is 4.90 Å². The lowest BCUT2D eigenvalue weighted by Crippen LogP contribution is -3.00. The van der Waals surface area contributed by atoms with Crippen LogP contribution >= 0.6 is 0 Å². The average Bonchev–Trinajstić information content (AvgIpc) is 2.14. The smallest absolute Gasteiger partial charge is 0.0937 e. The van der Waals surface area contributed by atoms with Gasteiger partial charge in [-0.05, 0) is 20.2 Å². The average molecular weight is 207 g/mol. The molecule has 0 saturated heterocycles. The maximum Gasteiger partial charge on any atom is 0.0937 e. The van der Waals surface area contributed by atoms with Crippen molar-refractivity contribution in [2.75, 3.05) is 34.7 Å². The Hall–Kier alpha value is -1.12. The number of allylic oxidation sites excluding steroid dienone is 6. The molecular formula is C13H23N2+. The highest BCUT2D eigenvalue weighted by Gasteiger charge is 1.78. The normalized spacial score (nSPS) is 13.7. The van der Waals surface area contributed by atoms with Crippen molar-refractivity contribution < 1.29 is 4.90 Å². The van der Waals surface area contributed by atoms with E-state index in [1.54, 1.807) is 0 Å². The molecule has 0 rings (SSSR count). The molecule has 0 aromatic carbocycles. The van der Waals surface area contributed by atoms with E-state index in [-0.39, 0.29) is 0 Å². The van der Waals surface area contributed by atoms with Crippen molar-refractivity contribution in [2.45, 2.75) is 0 Å². The third-order valence-corrected chi connectivity index (χ3v) is 1.59. The fourth-order valence-electron chi connectivity index (χ4n) is 0.855. The standard InChI is InChI=1S/C13H22N2/c1-14(2)12-10-8-6-5-7-9-11-13-15(3)4/h5-12H,13H2,1-4H3/p+1/b7-5+,8-6+,11-9+,12-10+. The van der Waals surface area contributed by atoms with Crippen LogP contribution in [0.15, 0.2) is 48.7 Å². The summed E-state index contributed by atoms with van der Waals surface area (Å²) >= 11 is 0. The van der Waals surface area contributed by atoms with Crippen molar-refractivity contribution in [3.8, 4) is 0 Å². The van der Waals surface area contributed by atoms with Gasteiger partial charge in [-0.15, -0.1) is 0 Å². The summed E-state index contributed by atoms with van der Waals surface area (Å²) in [5.41, 5.74) is 0. The van der Waals surface area contributed by atoms with Gasteiger partial charge in [-0.3, -0.25) is 0 Å². The van der Waals surface area contributed by atoms with E-state index in [4.69, 9.17) is 0 Å². The molecule has 0 aromatic rings. The molecule has 2 heteroatoms. The molecule has 0 radical (unpaired) electrons. The summed E-state index contributed by atoms with van der Waals surface area (Å²) in [5.74, 6) is 0. The molecule has 0 fully saturated rings. The lowest BCUT2D eigenvalue weighted by atomic mass is 10.4. The molecule has 0 saturated carbocycles. The highest BCUT2D eigenvalue weighted by Crippen LogP contribution is 1.82. The molecule has 2 nitrogen and oxygen atoms in total. The maximum atomic E-state index is 2.13. The fraction of sp³-hybridized carbons (Fsp3) is 0.385. The second kappa shape index (κ2) is 9.44. The van der Waals surface area contributed by atoms with Gasteiger partial charge in [0.05, 0.1) is 20.3 Å². The molecular weight excluding hydrogens is 184 g/mol. The maximum absolute atomic E-state index is 2.13. The van der Waals surface area contributed by atoms with Crippen molar-refractivity contribution in [1.82, 2.24) is 4.90 Å². The minimum absolute atomic E-state index is 0.984. The van der Waals surface area contributed by atoms with Crippen LogP contribution in [0.4, 0.5) is 0 Å². The third-order valence-electron chi connectivity index (χ3n) is 1.59. The van der Waals surface area contributed by atoms with Gasteiger partial charge >= 0.3 is 0 Å². The van der Waals surface area contributed by atoms with Crippen LogP contribution in [0.3, 0.4) is 0 Å². The Balaban J connectivity index is 3.66. The fourth-order valence-corrected chi connectivity index (χ4v) is 0.855. The molecule has 0 amide bonds. The summed E-state index contributed by atoms with van der Waals surface area (Å²) in [7, 11) is 8.29. The quantitative estimate of drug-likeness (QED) is 0.635. The second-order valence-electron chi connectivity index (χ2n) is 3.90. The van der Waals surface area contributed by atoms with E-state index in [1.807, 2.05) is 30.4 Å². The Bertz CT molecular complexity index is 245. The Labute approximate surface area is 93.9 Å². The van der Waals surface area contributed by atoms with Gasteiger partial charge in [0, 0.05) is 6.54 Å². The summed E-state index contributed by atoms with van der Waals surface area (Å²) < 4.78 is 0. The SMILES string of the molecule is CN(C)C/C=C/C=C/C=C/C=C/[NH+](C)C. The predicted octanol–water partition coefficient (Wildman–Crippen LogP) is 0.875. The van der Waals surface area contributed by atoms with Crippen molar-refractivity contribution in [3.63, 3.8) is 0 Å². The van der Waals surface area contributed by atoms with E-state index >= 15 is 0 Å². The van der Waals surface area contributed by atoms with Gasteiger partial charge in [0.25, 0.3) is 0 Å². The molecule has 0 atom stereocenters. The van der Waals surface area contributed by atoms with E-state index in [0.29, 0.717) is 0 Å². The van der Waals surface area contributed by atoms with Crippen LogP contribution in [0, 0.1) is 0 Å². The molecule has 15 heavy (non-hydrogen) atoms. The molecule has 84 valence electrons. The van der Waals surface area contributed by atoms with Gasteiger partial charge < -0.3 is 9.80 Å². The number of nitrogens with one attached hydrogen (secondary N) is 1. The number of rotatable bonds is 6.